The number of hydrogen-bond acceptors (Lipinski definition) is 4. The van der Waals surface area contributed by atoms with Crippen molar-refractivity contribution in [2.24, 2.45) is 0 Å². The molecule has 0 aliphatic heterocycles. The zero-order chi connectivity index (χ0) is 6.69. The minimum atomic E-state index is -0.122. The molecule has 0 atom stereocenters. The smallest absolute Gasteiger partial charge is 0.222 e. The van der Waals surface area contributed by atoms with Gasteiger partial charge in [0.2, 0.25) is 5.91 Å². The van der Waals surface area contributed by atoms with Crippen molar-refractivity contribution in [1.29, 1.82) is 0 Å². The quantitative estimate of drug-likeness (QED) is 0.622. The van der Waals surface area contributed by atoms with Crippen LogP contribution in [-0.2, 0) is 4.79 Å². The van der Waals surface area contributed by atoms with Gasteiger partial charge in [-0.1, -0.05) is 0 Å². The number of carbonyl (C=O) groups excluding carboxylic acids is 1. The Kier molecular flexibility index (Phi) is 1.74. The molecule has 1 heterocycles. The largest absolute Gasteiger partial charge is 0.309 e. The summed E-state index contributed by atoms with van der Waals surface area (Å²) in [6.45, 7) is 1.43. The van der Waals surface area contributed by atoms with Gasteiger partial charge in [-0.25, -0.2) is 0 Å². The first-order chi connectivity index (χ1) is 4.29. The molecule has 0 fully saturated rings. The summed E-state index contributed by atoms with van der Waals surface area (Å²) < 4.78 is 7.45. The van der Waals surface area contributed by atoms with Gasteiger partial charge in [0.05, 0.1) is 17.9 Å². The molecule has 0 aliphatic rings. The van der Waals surface area contributed by atoms with Gasteiger partial charge in [-0.15, -0.1) is 0 Å². The van der Waals surface area contributed by atoms with Crippen molar-refractivity contribution in [3.8, 4) is 0 Å². The fourth-order valence-corrected chi connectivity index (χ4v) is 0.775. The van der Waals surface area contributed by atoms with E-state index in [1.165, 1.54) is 13.1 Å². The van der Waals surface area contributed by atoms with Crippen LogP contribution >= 0.6 is 11.7 Å². The Morgan fingerprint density at radius 1 is 1.89 bits per heavy atom. The first kappa shape index (κ1) is 6.15. The average molecular weight is 143 g/mol. The molecule has 1 aromatic rings. The summed E-state index contributed by atoms with van der Waals surface area (Å²) in [4.78, 5) is 10.3. The number of nitrogens with one attached hydrogen (secondary N) is 1. The fourth-order valence-electron chi connectivity index (χ4n) is 0.400. The van der Waals surface area contributed by atoms with Crippen LogP contribution in [0.2, 0.25) is 0 Å². The fraction of sp³-hybridized carbons (Fsp3) is 0.250. The summed E-state index contributed by atoms with van der Waals surface area (Å²) in [7, 11) is 0. The minimum Gasteiger partial charge on any atom is -0.309 e. The molecule has 0 aromatic carbocycles. The summed E-state index contributed by atoms with van der Waals surface area (Å²) in [6.07, 6.45) is 1.51. The van der Waals surface area contributed by atoms with Crippen LogP contribution in [0, 0.1) is 0 Å². The highest BCUT2D eigenvalue weighted by molar-refractivity contribution is 6.99. The highest BCUT2D eigenvalue weighted by Gasteiger charge is 1.94. The molecule has 0 unspecified atom stereocenters. The Balaban J connectivity index is 2.58. The van der Waals surface area contributed by atoms with Gasteiger partial charge in [0.1, 0.15) is 0 Å². The first-order valence-electron chi connectivity index (χ1n) is 2.34. The summed E-state index contributed by atoms with van der Waals surface area (Å²) in [5.41, 5.74) is 0. The van der Waals surface area contributed by atoms with Crippen LogP contribution in [0.4, 0.5) is 5.82 Å². The molecule has 0 spiro atoms. The molecule has 1 amide bonds. The van der Waals surface area contributed by atoms with Crippen molar-refractivity contribution < 1.29 is 4.79 Å². The summed E-state index contributed by atoms with van der Waals surface area (Å²) in [6, 6.07) is 0. The van der Waals surface area contributed by atoms with Crippen LogP contribution in [0.3, 0.4) is 0 Å². The maximum atomic E-state index is 10.3. The van der Waals surface area contributed by atoms with Gasteiger partial charge in [-0.05, 0) is 0 Å². The van der Waals surface area contributed by atoms with E-state index in [1.807, 2.05) is 0 Å². The lowest BCUT2D eigenvalue weighted by atomic mass is 10.6. The number of hydrogen-bond donors (Lipinski definition) is 1. The van der Waals surface area contributed by atoms with Gasteiger partial charge < -0.3 is 5.32 Å². The van der Waals surface area contributed by atoms with Gasteiger partial charge in [-0.2, -0.15) is 8.75 Å². The Morgan fingerprint density at radius 2 is 2.67 bits per heavy atom. The number of amides is 1. The third-order valence-electron chi connectivity index (χ3n) is 0.665. The van der Waals surface area contributed by atoms with Crippen molar-refractivity contribution >= 4 is 23.5 Å². The van der Waals surface area contributed by atoms with Crippen molar-refractivity contribution in [2.45, 2.75) is 6.92 Å². The normalized spacial score (nSPS) is 9.00. The highest BCUT2D eigenvalue weighted by Crippen LogP contribution is 1.99. The van der Waals surface area contributed by atoms with E-state index in [1.54, 1.807) is 0 Å². The molecule has 0 bridgehead atoms. The molecule has 0 saturated heterocycles. The third-order valence-corrected chi connectivity index (χ3v) is 1.14. The Bertz CT molecular complexity index is 196. The van der Waals surface area contributed by atoms with Crippen LogP contribution in [-0.4, -0.2) is 14.7 Å². The van der Waals surface area contributed by atoms with E-state index >= 15 is 0 Å². The van der Waals surface area contributed by atoms with Crippen LogP contribution in [0.25, 0.3) is 0 Å². The maximum absolute atomic E-state index is 10.3. The van der Waals surface area contributed by atoms with E-state index in [0.717, 1.165) is 11.7 Å². The molecule has 9 heavy (non-hydrogen) atoms. The highest BCUT2D eigenvalue weighted by atomic mass is 32.1. The molecule has 1 aromatic heterocycles. The SMILES string of the molecule is CC(=O)Nc1cnsn1. The second-order valence-corrected chi connectivity index (χ2v) is 2.03. The predicted octanol–water partition coefficient (Wildman–Crippen LogP) is 0.496. The topological polar surface area (TPSA) is 54.9 Å². The van der Waals surface area contributed by atoms with Gasteiger partial charge in [-0.3, -0.25) is 4.79 Å². The second kappa shape index (κ2) is 2.54. The van der Waals surface area contributed by atoms with Crippen molar-refractivity contribution in [3.63, 3.8) is 0 Å². The number of nitrogens with zero attached hydrogens (tertiary/aromatic N) is 2. The summed E-state index contributed by atoms with van der Waals surface area (Å²) in [5, 5.41) is 2.48. The van der Waals surface area contributed by atoms with Gasteiger partial charge in [0.25, 0.3) is 0 Å². The lowest BCUT2D eigenvalue weighted by Crippen LogP contribution is -2.05. The van der Waals surface area contributed by atoms with Crippen LogP contribution in [0.5, 0.6) is 0 Å². The molecular formula is C4H5N3OS. The molecule has 1 rings (SSSR count). The Morgan fingerprint density at radius 3 is 3.11 bits per heavy atom. The number of anilines is 1. The van der Waals surface area contributed by atoms with E-state index in [-0.39, 0.29) is 5.91 Å². The van der Waals surface area contributed by atoms with Gasteiger partial charge >= 0.3 is 0 Å². The van der Waals surface area contributed by atoms with E-state index < -0.39 is 0 Å². The zero-order valence-electron chi connectivity index (χ0n) is 4.79. The van der Waals surface area contributed by atoms with E-state index in [4.69, 9.17) is 0 Å². The molecule has 0 radical (unpaired) electrons. The Labute approximate surface area is 56.2 Å². The minimum absolute atomic E-state index is 0.122. The van der Waals surface area contributed by atoms with Crippen LogP contribution in [0.15, 0.2) is 6.20 Å². The lowest BCUT2D eigenvalue weighted by Gasteiger charge is -1.90. The summed E-state index contributed by atoms with van der Waals surface area (Å²) in [5.74, 6) is 0.398. The molecule has 4 nitrogen and oxygen atoms in total. The van der Waals surface area contributed by atoms with Crippen molar-refractivity contribution in [3.05, 3.63) is 6.20 Å². The zero-order valence-corrected chi connectivity index (χ0v) is 5.60. The van der Waals surface area contributed by atoms with Gasteiger partial charge in [0, 0.05) is 6.92 Å². The van der Waals surface area contributed by atoms with E-state index in [0.29, 0.717) is 5.82 Å². The average Bonchev–Trinajstić information content (AvgIpc) is 2.15. The molecule has 1 N–H and O–H groups in total. The van der Waals surface area contributed by atoms with E-state index in [2.05, 4.69) is 14.1 Å². The van der Waals surface area contributed by atoms with Gasteiger partial charge in [0.15, 0.2) is 5.82 Å². The Hall–Kier alpha value is -0.970. The molecular weight excluding hydrogens is 138 g/mol. The monoisotopic (exact) mass is 143 g/mol. The standard InChI is InChI=1S/C4H5N3OS/c1-3(8)6-4-2-5-9-7-4/h2H,1H3,(H,6,7,8). The number of rotatable bonds is 1. The number of carbonyl (C=O) groups is 1. The van der Waals surface area contributed by atoms with Crippen molar-refractivity contribution in [1.82, 2.24) is 8.75 Å². The first-order valence-corrected chi connectivity index (χ1v) is 3.07. The molecule has 0 saturated carbocycles. The van der Waals surface area contributed by atoms with E-state index in [9.17, 15) is 4.79 Å². The number of aromatic nitrogens is 2. The predicted molar refractivity (Wildman–Crippen MR) is 34.2 cm³/mol. The van der Waals surface area contributed by atoms with Crippen LogP contribution < -0.4 is 5.32 Å². The molecule has 48 valence electrons. The molecule has 0 aliphatic carbocycles. The third kappa shape index (κ3) is 1.77. The second-order valence-electron chi connectivity index (χ2n) is 1.47. The van der Waals surface area contributed by atoms with Crippen molar-refractivity contribution in [2.75, 3.05) is 5.32 Å². The summed E-state index contributed by atoms with van der Waals surface area (Å²) >= 11 is 1.07. The lowest BCUT2D eigenvalue weighted by molar-refractivity contribution is -0.114. The van der Waals surface area contributed by atoms with Crippen LogP contribution in [0.1, 0.15) is 6.92 Å². The molecule has 5 heteroatoms. The maximum Gasteiger partial charge on any atom is 0.222 e.